The van der Waals surface area contributed by atoms with E-state index >= 15 is 0 Å². The minimum Gasteiger partial charge on any atom is -0.338 e. The van der Waals surface area contributed by atoms with Crippen molar-refractivity contribution in [3.05, 3.63) is 60.2 Å². The predicted molar refractivity (Wildman–Crippen MR) is 119 cm³/mol. The summed E-state index contributed by atoms with van der Waals surface area (Å²) in [5.74, 6) is -0.585. The molecule has 2 aromatic rings. The van der Waals surface area contributed by atoms with Gasteiger partial charge in [0.15, 0.2) is 6.04 Å². The van der Waals surface area contributed by atoms with Crippen LogP contribution in [-0.4, -0.2) is 36.7 Å². The smallest absolute Gasteiger partial charge is 0.255 e. The molecular weight excluding hydrogens is 388 g/mol. The van der Waals surface area contributed by atoms with E-state index in [4.69, 9.17) is 10.7 Å². The van der Waals surface area contributed by atoms with Gasteiger partial charge in [-0.15, -0.1) is 12.4 Å². The summed E-state index contributed by atoms with van der Waals surface area (Å²) in [7, 11) is 1.70. The average molecular weight is 415 g/mol. The van der Waals surface area contributed by atoms with Crippen LogP contribution in [-0.2, 0) is 9.59 Å². The molecular formula is C22H27ClN4O2. The van der Waals surface area contributed by atoms with Crippen LogP contribution in [0.4, 0.5) is 11.4 Å². The highest BCUT2D eigenvalue weighted by molar-refractivity contribution is 6.23. The first-order valence-electron chi connectivity index (χ1n) is 9.59. The Morgan fingerprint density at radius 2 is 1.83 bits per heavy atom. The third-order valence-electron chi connectivity index (χ3n) is 4.90. The number of fused-ring (bicyclic) bond motifs is 1. The molecule has 3 rings (SSSR count). The third-order valence-corrected chi connectivity index (χ3v) is 4.90. The summed E-state index contributed by atoms with van der Waals surface area (Å²) in [6.45, 7) is 2.05. The quantitative estimate of drug-likeness (QED) is 0.760. The topological polar surface area (TPSA) is 87.8 Å². The Bertz CT molecular complexity index is 885. The van der Waals surface area contributed by atoms with Gasteiger partial charge in [0, 0.05) is 7.05 Å². The Morgan fingerprint density at radius 3 is 2.52 bits per heavy atom. The number of anilines is 1. The molecule has 2 aromatic carbocycles. The number of aliphatic imine (C=N–C) groups is 1. The highest BCUT2D eigenvalue weighted by Crippen LogP contribution is 2.32. The van der Waals surface area contributed by atoms with Gasteiger partial charge in [-0.2, -0.15) is 0 Å². The molecule has 2 amide bonds. The Labute approximate surface area is 177 Å². The number of amides is 2. The van der Waals surface area contributed by atoms with Crippen molar-refractivity contribution < 1.29 is 9.59 Å². The lowest BCUT2D eigenvalue weighted by molar-refractivity contribution is -0.126. The van der Waals surface area contributed by atoms with Crippen LogP contribution in [0.2, 0.25) is 0 Å². The molecule has 0 fully saturated rings. The number of likely N-dealkylation sites (N-methyl/N-ethyl adjacent to an activating group) is 1. The van der Waals surface area contributed by atoms with Crippen molar-refractivity contribution in [1.82, 2.24) is 5.32 Å². The molecule has 29 heavy (non-hydrogen) atoms. The maximum atomic E-state index is 13.3. The van der Waals surface area contributed by atoms with E-state index in [-0.39, 0.29) is 24.2 Å². The lowest BCUT2D eigenvalue weighted by Crippen LogP contribution is -2.55. The molecule has 0 aromatic heterocycles. The molecule has 0 spiro atoms. The first kappa shape index (κ1) is 22.6. The van der Waals surface area contributed by atoms with Crippen molar-refractivity contribution in [2.45, 2.75) is 38.3 Å². The average Bonchev–Trinajstić information content (AvgIpc) is 2.83. The van der Waals surface area contributed by atoms with Gasteiger partial charge in [0.25, 0.3) is 5.91 Å². The number of carbonyl (C=O) groups excluding carboxylic acids is 2. The van der Waals surface area contributed by atoms with Gasteiger partial charge in [-0.3, -0.25) is 9.59 Å². The number of hydrogen-bond acceptors (Lipinski definition) is 4. The largest absolute Gasteiger partial charge is 0.338 e. The minimum absolute atomic E-state index is 0. The fourth-order valence-electron chi connectivity index (χ4n) is 3.24. The van der Waals surface area contributed by atoms with Crippen LogP contribution >= 0.6 is 12.4 Å². The Hall–Kier alpha value is -2.70. The van der Waals surface area contributed by atoms with Gasteiger partial charge in [-0.05, 0) is 24.1 Å². The molecule has 0 saturated heterocycles. The Kier molecular flexibility index (Phi) is 7.93. The molecule has 1 unspecified atom stereocenters. The van der Waals surface area contributed by atoms with Crippen LogP contribution in [0.5, 0.6) is 0 Å². The summed E-state index contributed by atoms with van der Waals surface area (Å²) in [6, 6.07) is 15.3. The van der Waals surface area contributed by atoms with E-state index in [9.17, 15) is 9.59 Å². The van der Waals surface area contributed by atoms with E-state index in [1.54, 1.807) is 7.05 Å². The van der Waals surface area contributed by atoms with Crippen molar-refractivity contribution in [3.63, 3.8) is 0 Å². The number of benzene rings is 2. The van der Waals surface area contributed by atoms with E-state index in [2.05, 4.69) is 5.32 Å². The van der Waals surface area contributed by atoms with E-state index in [0.29, 0.717) is 23.5 Å². The third kappa shape index (κ3) is 5.02. The number of rotatable bonds is 6. The predicted octanol–water partition coefficient (Wildman–Crippen LogP) is 3.21. The summed E-state index contributed by atoms with van der Waals surface area (Å²) in [6.07, 6.45) is 2.40. The van der Waals surface area contributed by atoms with Crippen molar-refractivity contribution >= 4 is 41.3 Å². The van der Waals surface area contributed by atoms with Gasteiger partial charge >= 0.3 is 0 Å². The highest BCUT2D eigenvalue weighted by Gasteiger charge is 2.34. The van der Waals surface area contributed by atoms with Crippen LogP contribution in [0.25, 0.3) is 0 Å². The van der Waals surface area contributed by atoms with Crippen LogP contribution in [0.3, 0.4) is 0 Å². The molecule has 0 bridgehead atoms. The number of nitrogens with two attached hydrogens (primary N) is 1. The minimum atomic E-state index is -0.903. The SMILES string of the molecule is CCCC[C@H](N)C(=O)NC1C(=O)N(C)c2ccccc2N=C1c1ccccc1.Cl. The van der Waals surface area contributed by atoms with Crippen molar-refractivity contribution in [1.29, 1.82) is 0 Å². The first-order valence-corrected chi connectivity index (χ1v) is 9.59. The van der Waals surface area contributed by atoms with Gasteiger partial charge < -0.3 is 16.0 Å². The number of hydrogen-bond donors (Lipinski definition) is 2. The fraction of sp³-hybridized carbons (Fsp3) is 0.318. The Morgan fingerprint density at radius 1 is 1.17 bits per heavy atom. The van der Waals surface area contributed by atoms with Crippen LogP contribution in [0, 0.1) is 0 Å². The molecule has 154 valence electrons. The molecule has 1 heterocycles. The van der Waals surface area contributed by atoms with Crippen molar-refractivity contribution in [2.75, 3.05) is 11.9 Å². The zero-order valence-corrected chi connectivity index (χ0v) is 17.5. The molecule has 3 N–H and O–H groups in total. The number of halogens is 1. The second-order valence-electron chi connectivity index (χ2n) is 6.94. The Balaban J connectivity index is 0.00000300. The molecule has 0 radical (unpaired) electrons. The summed E-state index contributed by atoms with van der Waals surface area (Å²) < 4.78 is 0. The lowest BCUT2D eigenvalue weighted by Gasteiger charge is -2.24. The summed E-state index contributed by atoms with van der Waals surface area (Å²) >= 11 is 0. The second-order valence-corrected chi connectivity index (χ2v) is 6.94. The standard InChI is InChI=1S/C22H26N4O2.ClH/c1-3-4-12-16(23)21(27)25-20-19(15-10-6-5-7-11-15)24-17-13-8-9-14-18(17)26(2)22(20)28;/h5-11,13-14,16,20H,3-4,12,23H2,1-2H3,(H,25,27);1H/t16-,20?;/m0./s1. The van der Waals surface area contributed by atoms with Gasteiger partial charge in [0.05, 0.1) is 23.1 Å². The van der Waals surface area contributed by atoms with Crippen molar-refractivity contribution in [3.8, 4) is 0 Å². The number of carbonyl (C=O) groups is 2. The van der Waals surface area contributed by atoms with Crippen LogP contribution < -0.4 is 16.0 Å². The normalized spacial score (nSPS) is 16.8. The van der Waals surface area contributed by atoms with Gasteiger partial charge in [-0.25, -0.2) is 4.99 Å². The first-order chi connectivity index (χ1) is 13.5. The zero-order valence-electron chi connectivity index (χ0n) is 16.7. The number of unbranched alkanes of at least 4 members (excludes halogenated alkanes) is 1. The zero-order chi connectivity index (χ0) is 20.1. The maximum absolute atomic E-state index is 13.3. The summed E-state index contributed by atoms with van der Waals surface area (Å²) in [5.41, 5.74) is 8.72. The maximum Gasteiger partial charge on any atom is 0.255 e. The number of nitrogens with zero attached hydrogens (tertiary/aromatic N) is 2. The fourth-order valence-corrected chi connectivity index (χ4v) is 3.24. The highest BCUT2D eigenvalue weighted by atomic mass is 35.5. The van der Waals surface area contributed by atoms with E-state index in [1.807, 2.05) is 61.5 Å². The van der Waals surface area contributed by atoms with E-state index in [1.165, 1.54) is 4.90 Å². The second kappa shape index (κ2) is 10.2. The molecule has 0 saturated carbocycles. The molecule has 0 aliphatic carbocycles. The van der Waals surface area contributed by atoms with Crippen molar-refractivity contribution in [2.24, 2.45) is 10.7 Å². The molecule has 6 nitrogen and oxygen atoms in total. The van der Waals surface area contributed by atoms with E-state index < -0.39 is 12.1 Å². The number of para-hydroxylation sites is 2. The van der Waals surface area contributed by atoms with Gasteiger partial charge in [-0.1, -0.05) is 62.2 Å². The van der Waals surface area contributed by atoms with E-state index in [0.717, 1.165) is 18.4 Å². The molecule has 2 atom stereocenters. The molecule has 1 aliphatic rings. The molecule has 7 heteroatoms. The monoisotopic (exact) mass is 414 g/mol. The lowest BCUT2D eigenvalue weighted by atomic mass is 10.0. The molecule has 1 aliphatic heterocycles. The van der Waals surface area contributed by atoms with Gasteiger partial charge in [0.1, 0.15) is 0 Å². The van der Waals surface area contributed by atoms with Gasteiger partial charge in [0.2, 0.25) is 5.91 Å². The summed E-state index contributed by atoms with van der Waals surface area (Å²) in [4.78, 5) is 32.2. The van der Waals surface area contributed by atoms with Crippen LogP contribution in [0.1, 0.15) is 31.7 Å². The number of nitrogens with one attached hydrogen (secondary N) is 1. The summed E-state index contributed by atoms with van der Waals surface area (Å²) in [5, 5.41) is 2.85. The van der Waals surface area contributed by atoms with Crippen LogP contribution in [0.15, 0.2) is 59.6 Å².